The first kappa shape index (κ1) is 16.1. The second kappa shape index (κ2) is 5.71. The van der Waals surface area contributed by atoms with Crippen molar-refractivity contribution in [3.63, 3.8) is 0 Å². The molecule has 1 unspecified atom stereocenters. The van der Waals surface area contributed by atoms with E-state index in [9.17, 15) is 9.90 Å². The predicted octanol–water partition coefficient (Wildman–Crippen LogP) is 2.47. The Kier molecular flexibility index (Phi) is 4.00. The van der Waals surface area contributed by atoms with Crippen LogP contribution in [0.25, 0.3) is 0 Å². The van der Waals surface area contributed by atoms with Gasteiger partial charge in [-0.1, -0.05) is 0 Å². The van der Waals surface area contributed by atoms with Crippen LogP contribution >= 0.6 is 0 Å². The van der Waals surface area contributed by atoms with Gasteiger partial charge in [0.2, 0.25) is 0 Å². The molecular weight excluding hydrogens is 294 g/mol. The molecular formula is C18H25NO4. The molecule has 23 heavy (non-hydrogen) atoms. The van der Waals surface area contributed by atoms with Crippen molar-refractivity contribution < 1.29 is 19.4 Å². The molecule has 1 saturated heterocycles. The van der Waals surface area contributed by atoms with Gasteiger partial charge in [-0.2, -0.15) is 0 Å². The zero-order chi connectivity index (χ0) is 16.7. The van der Waals surface area contributed by atoms with Crippen LogP contribution in [0, 0.1) is 5.41 Å². The van der Waals surface area contributed by atoms with Crippen LogP contribution in [0.3, 0.4) is 0 Å². The largest absolute Gasteiger partial charge is 0.497 e. The molecule has 1 heterocycles. The van der Waals surface area contributed by atoms with E-state index in [4.69, 9.17) is 9.47 Å². The van der Waals surface area contributed by atoms with E-state index in [2.05, 4.69) is 0 Å². The Morgan fingerprint density at radius 1 is 1.04 bits per heavy atom. The van der Waals surface area contributed by atoms with Crippen LogP contribution in [0.1, 0.15) is 43.0 Å². The van der Waals surface area contributed by atoms with E-state index >= 15 is 0 Å². The molecule has 0 radical (unpaired) electrons. The van der Waals surface area contributed by atoms with Gasteiger partial charge in [-0.3, -0.25) is 4.79 Å². The summed E-state index contributed by atoms with van der Waals surface area (Å²) in [4.78, 5) is 14.6. The van der Waals surface area contributed by atoms with E-state index in [1.54, 1.807) is 32.4 Å². The molecule has 1 aromatic rings. The van der Waals surface area contributed by atoms with E-state index in [-0.39, 0.29) is 11.3 Å². The molecule has 3 rings (SSSR count). The van der Waals surface area contributed by atoms with Gasteiger partial charge < -0.3 is 19.5 Å². The lowest BCUT2D eigenvalue weighted by atomic mass is 9.53. The second-order valence-corrected chi connectivity index (χ2v) is 6.95. The Balaban J connectivity index is 1.73. The Bertz CT molecular complexity index is 581. The number of aliphatic hydroxyl groups is 1. The highest BCUT2D eigenvalue weighted by Crippen LogP contribution is 2.56. The number of piperidine rings is 1. The molecule has 1 spiro atoms. The van der Waals surface area contributed by atoms with Gasteiger partial charge in [0.05, 0.1) is 19.8 Å². The summed E-state index contributed by atoms with van der Waals surface area (Å²) in [6.45, 7) is 3.31. The molecule has 5 nitrogen and oxygen atoms in total. The van der Waals surface area contributed by atoms with Crippen molar-refractivity contribution in [1.82, 2.24) is 4.90 Å². The maximum atomic E-state index is 12.8. The number of carbonyl (C=O) groups is 1. The first-order valence-corrected chi connectivity index (χ1v) is 8.15. The Morgan fingerprint density at radius 3 is 2.00 bits per heavy atom. The van der Waals surface area contributed by atoms with Gasteiger partial charge in [0.1, 0.15) is 11.5 Å². The van der Waals surface area contributed by atoms with Gasteiger partial charge in [-0.25, -0.2) is 0 Å². The zero-order valence-corrected chi connectivity index (χ0v) is 14.1. The van der Waals surface area contributed by atoms with Gasteiger partial charge in [-0.05, 0) is 44.7 Å². The number of likely N-dealkylation sites (tertiary alicyclic amines) is 1. The van der Waals surface area contributed by atoms with Crippen LogP contribution in [0.2, 0.25) is 0 Å². The maximum Gasteiger partial charge on any atom is 0.254 e. The SMILES string of the molecule is COc1cc(OC)cc(C(=O)N2CCC3(CC2)CCC3(C)O)c1. The molecule has 1 aromatic carbocycles. The predicted molar refractivity (Wildman–Crippen MR) is 87.0 cm³/mol. The van der Waals surface area contributed by atoms with Crippen molar-refractivity contribution in [1.29, 1.82) is 0 Å². The molecule has 126 valence electrons. The van der Waals surface area contributed by atoms with E-state index in [1.165, 1.54) is 0 Å². The lowest BCUT2D eigenvalue weighted by molar-refractivity contribution is -0.174. The van der Waals surface area contributed by atoms with Crippen LogP contribution in [0.4, 0.5) is 0 Å². The zero-order valence-electron chi connectivity index (χ0n) is 14.1. The minimum atomic E-state index is -0.568. The van der Waals surface area contributed by atoms with Gasteiger partial charge in [0, 0.05) is 30.1 Å². The number of hydrogen-bond donors (Lipinski definition) is 1. The number of benzene rings is 1. The number of nitrogens with zero attached hydrogens (tertiary/aromatic N) is 1. The number of hydrogen-bond acceptors (Lipinski definition) is 4. The molecule has 1 N–H and O–H groups in total. The van der Waals surface area contributed by atoms with Gasteiger partial charge in [-0.15, -0.1) is 0 Å². The topological polar surface area (TPSA) is 59.0 Å². The molecule has 0 aromatic heterocycles. The third-order valence-corrected chi connectivity index (χ3v) is 5.84. The number of amides is 1. The minimum Gasteiger partial charge on any atom is -0.497 e. The highest BCUT2D eigenvalue weighted by atomic mass is 16.5. The average molecular weight is 319 g/mol. The summed E-state index contributed by atoms with van der Waals surface area (Å²) < 4.78 is 10.5. The molecule has 2 aliphatic rings. The van der Waals surface area contributed by atoms with E-state index in [0.717, 1.165) is 25.7 Å². The highest BCUT2D eigenvalue weighted by Gasteiger charge is 2.55. The third kappa shape index (κ3) is 2.67. The average Bonchev–Trinajstić information content (AvgIpc) is 2.59. The fraction of sp³-hybridized carbons (Fsp3) is 0.611. The fourth-order valence-electron chi connectivity index (χ4n) is 3.88. The molecule has 1 saturated carbocycles. The minimum absolute atomic E-state index is 0.00369. The lowest BCUT2D eigenvalue weighted by Crippen LogP contribution is -2.60. The smallest absolute Gasteiger partial charge is 0.254 e. The standard InChI is InChI=1S/C18H25NO4/c1-17(21)4-5-18(17)6-8-19(9-7-18)16(20)13-10-14(22-2)12-15(11-13)23-3/h10-12,21H,4-9H2,1-3H3. The quantitative estimate of drug-likeness (QED) is 0.930. The summed E-state index contributed by atoms with van der Waals surface area (Å²) in [5.41, 5.74) is 0.0227. The summed E-state index contributed by atoms with van der Waals surface area (Å²) in [7, 11) is 3.15. The summed E-state index contributed by atoms with van der Waals surface area (Å²) in [6.07, 6.45) is 3.67. The highest BCUT2D eigenvalue weighted by molar-refractivity contribution is 5.95. The molecule has 1 amide bonds. The van der Waals surface area contributed by atoms with Crippen molar-refractivity contribution in [2.24, 2.45) is 5.41 Å². The Labute approximate surface area is 137 Å². The first-order valence-electron chi connectivity index (χ1n) is 8.15. The van der Waals surface area contributed by atoms with Crippen LogP contribution in [0.5, 0.6) is 11.5 Å². The van der Waals surface area contributed by atoms with E-state index in [1.807, 2.05) is 11.8 Å². The number of ether oxygens (including phenoxy) is 2. The van der Waals surface area contributed by atoms with E-state index < -0.39 is 5.60 Å². The molecule has 1 aliphatic heterocycles. The number of methoxy groups -OCH3 is 2. The van der Waals surface area contributed by atoms with Crippen LogP contribution in [-0.2, 0) is 0 Å². The van der Waals surface area contributed by atoms with Crippen LogP contribution < -0.4 is 9.47 Å². The fourth-order valence-corrected chi connectivity index (χ4v) is 3.88. The summed E-state index contributed by atoms with van der Waals surface area (Å²) in [6, 6.07) is 5.25. The first-order chi connectivity index (χ1) is 10.9. The van der Waals surface area contributed by atoms with Crippen molar-refractivity contribution in [2.45, 2.75) is 38.2 Å². The third-order valence-electron chi connectivity index (χ3n) is 5.84. The lowest BCUT2D eigenvalue weighted by Gasteiger charge is -2.58. The summed E-state index contributed by atoms with van der Waals surface area (Å²) >= 11 is 0. The summed E-state index contributed by atoms with van der Waals surface area (Å²) in [5.74, 6) is 1.22. The number of carbonyl (C=O) groups excluding carboxylic acids is 1. The molecule has 5 heteroatoms. The van der Waals surface area contributed by atoms with Gasteiger partial charge in [0.15, 0.2) is 0 Å². The molecule has 1 atom stereocenters. The normalized spacial score (nSPS) is 25.8. The molecule has 1 aliphatic carbocycles. The monoisotopic (exact) mass is 319 g/mol. The van der Waals surface area contributed by atoms with Crippen LogP contribution in [-0.4, -0.2) is 48.8 Å². The number of rotatable bonds is 3. The summed E-state index contributed by atoms with van der Waals surface area (Å²) in [5, 5.41) is 10.4. The van der Waals surface area contributed by atoms with Gasteiger partial charge >= 0.3 is 0 Å². The van der Waals surface area contributed by atoms with Gasteiger partial charge in [0.25, 0.3) is 5.91 Å². The van der Waals surface area contributed by atoms with Crippen LogP contribution in [0.15, 0.2) is 18.2 Å². The maximum absolute atomic E-state index is 12.8. The Morgan fingerprint density at radius 2 is 1.61 bits per heavy atom. The second-order valence-electron chi connectivity index (χ2n) is 6.95. The van der Waals surface area contributed by atoms with Crippen molar-refractivity contribution in [3.05, 3.63) is 23.8 Å². The van der Waals surface area contributed by atoms with Crippen molar-refractivity contribution in [3.8, 4) is 11.5 Å². The molecule has 2 fully saturated rings. The van der Waals surface area contributed by atoms with Crippen molar-refractivity contribution in [2.75, 3.05) is 27.3 Å². The van der Waals surface area contributed by atoms with Crippen molar-refractivity contribution >= 4 is 5.91 Å². The van der Waals surface area contributed by atoms with E-state index in [0.29, 0.717) is 30.2 Å². The Hall–Kier alpha value is -1.75. The molecule has 0 bridgehead atoms.